The minimum absolute atomic E-state index is 0.114. The van der Waals surface area contributed by atoms with Gasteiger partial charge in [0.05, 0.1) is 5.75 Å². The smallest absolute Gasteiger partial charge is 0.232 e. The highest BCUT2D eigenvalue weighted by molar-refractivity contribution is 7.81. The highest BCUT2D eigenvalue weighted by Crippen LogP contribution is 2.15. The van der Waals surface area contributed by atoms with Crippen LogP contribution < -0.4 is 0 Å². The van der Waals surface area contributed by atoms with E-state index in [-0.39, 0.29) is 5.91 Å². The first-order chi connectivity index (χ1) is 6.15. The summed E-state index contributed by atoms with van der Waals surface area (Å²) < 4.78 is 0. The van der Waals surface area contributed by atoms with Gasteiger partial charge >= 0.3 is 0 Å². The van der Waals surface area contributed by atoms with E-state index >= 15 is 0 Å². The molecule has 0 N–H and O–H groups in total. The van der Waals surface area contributed by atoms with Crippen LogP contribution in [0.2, 0.25) is 0 Å². The second kappa shape index (κ2) is 4.86. The van der Waals surface area contributed by atoms with Crippen molar-refractivity contribution in [3.8, 4) is 0 Å². The Labute approximate surface area is 85.5 Å². The number of carbonyl (C=O) groups excluding carboxylic acids is 1. The average molecular weight is 202 g/mol. The van der Waals surface area contributed by atoms with E-state index in [0.717, 1.165) is 13.1 Å². The lowest BCUT2D eigenvalue weighted by Gasteiger charge is -2.25. The number of nitrogens with zero attached hydrogens (tertiary/aromatic N) is 2. The molecule has 76 valence electrons. The second-order valence-electron chi connectivity index (χ2n) is 3.71. The number of hydrogen-bond acceptors (Lipinski definition) is 3. The molecule has 1 unspecified atom stereocenters. The second-order valence-corrected chi connectivity index (χ2v) is 4.03. The molecule has 3 nitrogen and oxygen atoms in total. The molecule has 0 bridgehead atoms. The molecule has 1 aliphatic rings. The van der Waals surface area contributed by atoms with Gasteiger partial charge in [0, 0.05) is 19.6 Å². The lowest BCUT2D eigenvalue weighted by molar-refractivity contribution is -0.127. The standard InChI is InChI=1S/C9H18N2OS/c1-10-5-3-4-8(10)6-11(2)9(12)7-13/h8,13H,3-7H2,1-2H3. The van der Waals surface area contributed by atoms with Gasteiger partial charge in [0.1, 0.15) is 0 Å². The minimum Gasteiger partial charge on any atom is -0.343 e. The van der Waals surface area contributed by atoms with E-state index in [1.54, 1.807) is 4.90 Å². The van der Waals surface area contributed by atoms with Gasteiger partial charge in [-0.2, -0.15) is 12.6 Å². The summed E-state index contributed by atoms with van der Waals surface area (Å²) in [5.41, 5.74) is 0. The maximum Gasteiger partial charge on any atom is 0.232 e. The van der Waals surface area contributed by atoms with Crippen LogP contribution in [-0.4, -0.2) is 54.7 Å². The van der Waals surface area contributed by atoms with E-state index in [4.69, 9.17) is 0 Å². The first-order valence-electron chi connectivity index (χ1n) is 4.70. The predicted molar refractivity (Wildman–Crippen MR) is 57.1 cm³/mol. The summed E-state index contributed by atoms with van der Waals surface area (Å²) >= 11 is 3.97. The number of likely N-dealkylation sites (tertiary alicyclic amines) is 1. The summed E-state index contributed by atoms with van der Waals surface area (Å²) in [5, 5.41) is 0. The van der Waals surface area contributed by atoms with Crippen LogP contribution in [0.4, 0.5) is 0 Å². The Morgan fingerprint density at radius 2 is 2.38 bits per heavy atom. The molecule has 1 heterocycles. The molecule has 13 heavy (non-hydrogen) atoms. The molecule has 0 aliphatic carbocycles. The van der Waals surface area contributed by atoms with E-state index < -0.39 is 0 Å². The zero-order chi connectivity index (χ0) is 9.84. The third-order valence-electron chi connectivity index (χ3n) is 2.72. The highest BCUT2D eigenvalue weighted by Gasteiger charge is 2.23. The molecule has 1 aliphatic heterocycles. The van der Waals surface area contributed by atoms with Crippen molar-refractivity contribution in [3.63, 3.8) is 0 Å². The van der Waals surface area contributed by atoms with Crippen LogP contribution in [-0.2, 0) is 4.79 Å². The minimum atomic E-state index is 0.114. The normalized spacial score (nSPS) is 23.5. The van der Waals surface area contributed by atoms with Crippen molar-refractivity contribution in [2.75, 3.05) is 32.9 Å². The number of thiol groups is 1. The molecular weight excluding hydrogens is 184 g/mol. The Bertz CT molecular complexity index is 186. The Balaban J connectivity index is 2.34. The zero-order valence-electron chi connectivity index (χ0n) is 8.36. The van der Waals surface area contributed by atoms with Crippen LogP contribution in [0.1, 0.15) is 12.8 Å². The van der Waals surface area contributed by atoms with E-state index in [1.165, 1.54) is 12.8 Å². The highest BCUT2D eigenvalue weighted by atomic mass is 32.1. The van der Waals surface area contributed by atoms with Gasteiger partial charge < -0.3 is 9.80 Å². The summed E-state index contributed by atoms with van der Waals surface area (Å²) in [7, 11) is 3.97. The van der Waals surface area contributed by atoms with Crippen LogP contribution in [0.5, 0.6) is 0 Å². The Kier molecular flexibility index (Phi) is 4.06. The van der Waals surface area contributed by atoms with E-state index in [0.29, 0.717) is 11.8 Å². The monoisotopic (exact) mass is 202 g/mol. The largest absolute Gasteiger partial charge is 0.343 e. The van der Waals surface area contributed by atoms with E-state index in [1.807, 2.05) is 7.05 Å². The molecule has 0 aromatic heterocycles. The molecule has 1 fully saturated rings. The molecule has 0 spiro atoms. The maximum absolute atomic E-state index is 11.2. The van der Waals surface area contributed by atoms with Crippen LogP contribution in [0.25, 0.3) is 0 Å². The molecule has 0 saturated carbocycles. The van der Waals surface area contributed by atoms with E-state index in [2.05, 4.69) is 24.6 Å². The topological polar surface area (TPSA) is 23.6 Å². The third kappa shape index (κ3) is 2.88. The predicted octanol–water partition coefficient (Wildman–Crippen LogP) is 0.469. The van der Waals surface area contributed by atoms with Crippen molar-refractivity contribution < 1.29 is 4.79 Å². The van der Waals surface area contributed by atoms with Crippen molar-refractivity contribution in [1.29, 1.82) is 0 Å². The van der Waals surface area contributed by atoms with Gasteiger partial charge in [-0.05, 0) is 26.4 Å². The van der Waals surface area contributed by atoms with Gasteiger partial charge in [0.2, 0.25) is 5.91 Å². The molecule has 0 aromatic carbocycles. The molecule has 1 atom stereocenters. The summed E-state index contributed by atoms with van der Waals surface area (Å²) in [6.07, 6.45) is 2.46. The molecule has 0 aromatic rings. The molecule has 0 radical (unpaired) electrons. The first kappa shape index (κ1) is 10.9. The molecule has 1 saturated heterocycles. The summed E-state index contributed by atoms with van der Waals surface area (Å²) in [6, 6.07) is 0.550. The fourth-order valence-corrected chi connectivity index (χ4v) is 1.99. The summed E-state index contributed by atoms with van der Waals surface area (Å²) in [6.45, 7) is 2.00. The summed E-state index contributed by atoms with van der Waals surface area (Å²) in [4.78, 5) is 15.3. The first-order valence-corrected chi connectivity index (χ1v) is 5.33. The third-order valence-corrected chi connectivity index (χ3v) is 2.99. The summed E-state index contributed by atoms with van der Waals surface area (Å²) in [5.74, 6) is 0.427. The van der Waals surface area contributed by atoms with Crippen molar-refractivity contribution in [3.05, 3.63) is 0 Å². The van der Waals surface area contributed by atoms with E-state index in [9.17, 15) is 4.79 Å². The van der Waals surface area contributed by atoms with Gasteiger partial charge in [-0.15, -0.1) is 0 Å². The molecule has 4 heteroatoms. The Morgan fingerprint density at radius 3 is 2.85 bits per heavy atom. The maximum atomic E-state index is 11.2. The van der Waals surface area contributed by atoms with Gasteiger partial charge in [-0.25, -0.2) is 0 Å². The van der Waals surface area contributed by atoms with Crippen LogP contribution in [0, 0.1) is 0 Å². The van der Waals surface area contributed by atoms with Crippen LogP contribution >= 0.6 is 12.6 Å². The van der Waals surface area contributed by atoms with Gasteiger partial charge in [0.15, 0.2) is 0 Å². The SMILES string of the molecule is CN(CC1CCCN1C)C(=O)CS. The Morgan fingerprint density at radius 1 is 1.69 bits per heavy atom. The van der Waals surface area contributed by atoms with Crippen molar-refractivity contribution in [2.45, 2.75) is 18.9 Å². The lowest BCUT2D eigenvalue weighted by Crippen LogP contribution is -2.40. The van der Waals surface area contributed by atoms with Crippen LogP contribution in [0.15, 0.2) is 0 Å². The molecule has 1 rings (SSSR count). The molecule has 1 amide bonds. The zero-order valence-corrected chi connectivity index (χ0v) is 9.26. The fraction of sp³-hybridized carbons (Fsp3) is 0.889. The Hall–Kier alpha value is -0.220. The van der Waals surface area contributed by atoms with Gasteiger partial charge in [-0.3, -0.25) is 4.79 Å². The van der Waals surface area contributed by atoms with Crippen molar-refractivity contribution in [1.82, 2.24) is 9.80 Å². The van der Waals surface area contributed by atoms with Crippen molar-refractivity contribution in [2.24, 2.45) is 0 Å². The fourth-order valence-electron chi connectivity index (χ4n) is 1.75. The number of rotatable bonds is 3. The average Bonchev–Trinajstić information content (AvgIpc) is 2.50. The van der Waals surface area contributed by atoms with Gasteiger partial charge in [-0.1, -0.05) is 0 Å². The molecular formula is C9H18N2OS. The van der Waals surface area contributed by atoms with Gasteiger partial charge in [0.25, 0.3) is 0 Å². The quantitative estimate of drug-likeness (QED) is 0.673. The number of amides is 1. The van der Waals surface area contributed by atoms with Crippen molar-refractivity contribution >= 4 is 18.5 Å². The van der Waals surface area contributed by atoms with Crippen LogP contribution in [0.3, 0.4) is 0 Å². The lowest BCUT2D eigenvalue weighted by atomic mass is 10.2. The number of carbonyl (C=O) groups is 1. The number of hydrogen-bond donors (Lipinski definition) is 1. The number of likely N-dealkylation sites (N-methyl/N-ethyl adjacent to an activating group) is 2.